The molecule has 4 nitrogen and oxygen atoms in total. The summed E-state index contributed by atoms with van der Waals surface area (Å²) in [5.74, 6) is 1.10. The molecule has 1 aliphatic rings. The van der Waals surface area contributed by atoms with Crippen LogP contribution < -0.4 is 9.80 Å². The zero-order valence-corrected chi connectivity index (χ0v) is 13.4. The van der Waals surface area contributed by atoms with E-state index < -0.39 is 0 Å². The normalized spacial score (nSPS) is 16.3. The van der Waals surface area contributed by atoms with Gasteiger partial charge in [-0.1, -0.05) is 30.3 Å². The molecule has 5 heteroatoms. The van der Waals surface area contributed by atoms with Crippen LogP contribution in [0, 0.1) is 0 Å². The summed E-state index contributed by atoms with van der Waals surface area (Å²) in [5.41, 5.74) is 2.49. The Morgan fingerprint density at radius 3 is 2.64 bits per heavy atom. The van der Waals surface area contributed by atoms with Crippen LogP contribution in [-0.4, -0.2) is 43.2 Å². The quantitative estimate of drug-likeness (QED) is 0.782. The molecule has 3 aromatic rings. The number of rotatable bonds is 2. The third-order valence-electron chi connectivity index (χ3n) is 4.35. The van der Waals surface area contributed by atoms with Crippen molar-refractivity contribution in [1.29, 1.82) is 0 Å². The molecule has 4 rings (SSSR count). The summed E-state index contributed by atoms with van der Waals surface area (Å²) < 4.78 is 0. The fourth-order valence-electron chi connectivity index (χ4n) is 3.03. The van der Waals surface area contributed by atoms with Gasteiger partial charge < -0.3 is 9.80 Å². The van der Waals surface area contributed by atoms with Crippen LogP contribution in [0.15, 0.2) is 42.0 Å². The van der Waals surface area contributed by atoms with Gasteiger partial charge in [0.25, 0.3) is 0 Å². The molecule has 2 aromatic heterocycles. The van der Waals surface area contributed by atoms with E-state index in [0.717, 1.165) is 36.8 Å². The number of aromatic nitrogens is 2. The van der Waals surface area contributed by atoms with Gasteiger partial charge in [-0.05, 0) is 5.56 Å². The van der Waals surface area contributed by atoms with Crippen LogP contribution in [0.3, 0.4) is 0 Å². The Bertz CT molecular complexity index is 776. The second-order valence-corrected chi connectivity index (χ2v) is 6.70. The highest BCUT2D eigenvalue weighted by molar-refractivity contribution is 7.17. The average molecular weight is 311 g/mol. The molecule has 1 N–H and O–H groups in total. The Kier molecular flexibility index (Phi) is 3.52. The largest absolute Gasteiger partial charge is 0.345 e. The highest BCUT2D eigenvalue weighted by Gasteiger charge is 2.22. The summed E-state index contributed by atoms with van der Waals surface area (Å²) in [6, 6.07) is 10.5. The Morgan fingerprint density at radius 2 is 1.86 bits per heavy atom. The molecule has 0 bridgehead atoms. The topological polar surface area (TPSA) is 33.5 Å². The van der Waals surface area contributed by atoms with Crippen molar-refractivity contribution in [3.63, 3.8) is 0 Å². The molecule has 0 atom stereocenters. The van der Waals surface area contributed by atoms with E-state index in [1.165, 1.54) is 16.5 Å². The molecule has 1 aromatic carbocycles. The predicted molar refractivity (Wildman–Crippen MR) is 91.7 cm³/mol. The maximum atomic E-state index is 4.63. The van der Waals surface area contributed by atoms with Crippen molar-refractivity contribution in [2.24, 2.45) is 0 Å². The predicted octanol–water partition coefficient (Wildman–Crippen LogP) is 1.69. The van der Waals surface area contributed by atoms with Crippen molar-refractivity contribution >= 4 is 27.4 Å². The number of likely N-dealkylation sites (N-methyl/N-ethyl adjacent to an activating group) is 1. The highest BCUT2D eigenvalue weighted by Crippen LogP contribution is 2.37. The number of nitrogens with zero attached hydrogens (tertiary/aromatic N) is 3. The van der Waals surface area contributed by atoms with Crippen molar-refractivity contribution in [3.05, 3.63) is 42.0 Å². The fourth-order valence-corrected chi connectivity index (χ4v) is 3.94. The van der Waals surface area contributed by atoms with Crippen LogP contribution in [-0.2, 0) is 0 Å². The molecular formula is C17H19N4S+. The van der Waals surface area contributed by atoms with Crippen molar-refractivity contribution in [2.75, 3.05) is 38.1 Å². The summed E-state index contributed by atoms with van der Waals surface area (Å²) in [4.78, 5) is 14.2. The Balaban J connectivity index is 1.83. The third-order valence-corrected chi connectivity index (χ3v) is 5.24. The Morgan fingerprint density at radius 1 is 1.09 bits per heavy atom. The van der Waals surface area contributed by atoms with Crippen molar-refractivity contribution in [3.8, 4) is 11.1 Å². The van der Waals surface area contributed by atoms with E-state index in [9.17, 15) is 0 Å². The first-order chi connectivity index (χ1) is 10.8. The first-order valence-corrected chi connectivity index (χ1v) is 8.55. The number of thiophene rings is 1. The van der Waals surface area contributed by atoms with E-state index >= 15 is 0 Å². The monoisotopic (exact) mass is 311 g/mol. The van der Waals surface area contributed by atoms with E-state index in [1.54, 1.807) is 22.6 Å². The van der Waals surface area contributed by atoms with Gasteiger partial charge in [-0.25, -0.2) is 9.97 Å². The summed E-state index contributed by atoms with van der Waals surface area (Å²) in [7, 11) is 2.26. The smallest absolute Gasteiger partial charge is 0.141 e. The minimum atomic E-state index is 1.06. The number of fused-ring (bicyclic) bond motifs is 1. The second-order valence-electron chi connectivity index (χ2n) is 5.84. The molecule has 1 saturated heterocycles. The molecule has 0 aliphatic carbocycles. The highest BCUT2D eigenvalue weighted by atomic mass is 32.1. The van der Waals surface area contributed by atoms with Gasteiger partial charge in [0.15, 0.2) is 0 Å². The number of benzene rings is 1. The zero-order valence-electron chi connectivity index (χ0n) is 12.6. The van der Waals surface area contributed by atoms with E-state index in [2.05, 4.69) is 57.6 Å². The zero-order chi connectivity index (χ0) is 14.9. The lowest BCUT2D eigenvalue weighted by Gasteiger charge is -2.31. The number of nitrogens with one attached hydrogen (secondary N) is 1. The van der Waals surface area contributed by atoms with E-state index in [4.69, 9.17) is 0 Å². The first kappa shape index (κ1) is 13.7. The summed E-state index contributed by atoms with van der Waals surface area (Å²) in [6.45, 7) is 4.44. The summed E-state index contributed by atoms with van der Waals surface area (Å²) in [6.07, 6.45) is 1.70. The van der Waals surface area contributed by atoms with Crippen LogP contribution in [0.1, 0.15) is 0 Å². The molecule has 22 heavy (non-hydrogen) atoms. The minimum absolute atomic E-state index is 1.06. The number of anilines is 1. The lowest BCUT2D eigenvalue weighted by molar-refractivity contribution is -0.880. The Labute approximate surface area is 134 Å². The van der Waals surface area contributed by atoms with Gasteiger partial charge >= 0.3 is 0 Å². The standard InChI is InChI=1S/C17H18N4S/c1-20-7-9-21(10-8-20)16-15-14(13-5-3-2-4-6-13)11-22-17(15)19-12-18-16/h2-6,11-12H,7-10H2,1H3/p+1. The van der Waals surface area contributed by atoms with Crippen LogP contribution in [0.2, 0.25) is 0 Å². The van der Waals surface area contributed by atoms with E-state index in [1.807, 2.05) is 0 Å². The van der Waals surface area contributed by atoms with Crippen LogP contribution >= 0.6 is 11.3 Å². The number of quaternary nitrogens is 1. The summed E-state index contributed by atoms with van der Waals surface area (Å²) in [5, 5.41) is 3.41. The van der Waals surface area contributed by atoms with Crippen LogP contribution in [0.4, 0.5) is 5.82 Å². The molecule has 1 aliphatic heterocycles. The molecule has 0 spiro atoms. The molecule has 112 valence electrons. The molecule has 0 unspecified atom stereocenters. The van der Waals surface area contributed by atoms with Crippen LogP contribution in [0.5, 0.6) is 0 Å². The van der Waals surface area contributed by atoms with Gasteiger partial charge in [0.1, 0.15) is 17.0 Å². The number of piperazine rings is 1. The van der Waals surface area contributed by atoms with Crippen LogP contribution in [0.25, 0.3) is 21.3 Å². The molecule has 0 amide bonds. The molecule has 1 fully saturated rings. The lowest BCUT2D eigenvalue weighted by atomic mass is 10.1. The van der Waals surface area contributed by atoms with Gasteiger partial charge in [-0.2, -0.15) is 0 Å². The van der Waals surface area contributed by atoms with Gasteiger partial charge in [0, 0.05) is 10.9 Å². The van der Waals surface area contributed by atoms with E-state index in [0.29, 0.717) is 0 Å². The SMILES string of the molecule is C[NH+]1CCN(c2ncnc3scc(-c4ccccc4)c23)CC1. The van der Waals surface area contributed by atoms with Gasteiger partial charge in [0.2, 0.25) is 0 Å². The Hall–Kier alpha value is -1.98. The second kappa shape index (κ2) is 5.66. The van der Waals surface area contributed by atoms with Crippen molar-refractivity contribution < 1.29 is 4.90 Å². The third kappa shape index (κ3) is 2.36. The first-order valence-electron chi connectivity index (χ1n) is 7.67. The maximum Gasteiger partial charge on any atom is 0.141 e. The minimum Gasteiger partial charge on any atom is -0.345 e. The van der Waals surface area contributed by atoms with Gasteiger partial charge in [-0.3, -0.25) is 0 Å². The average Bonchev–Trinajstić information content (AvgIpc) is 3.00. The maximum absolute atomic E-state index is 4.63. The fraction of sp³-hybridized carbons (Fsp3) is 0.294. The number of hydrogen-bond donors (Lipinski definition) is 1. The molecule has 3 heterocycles. The van der Waals surface area contributed by atoms with Gasteiger partial charge in [-0.15, -0.1) is 11.3 Å². The molecule has 0 saturated carbocycles. The summed E-state index contributed by atoms with van der Waals surface area (Å²) >= 11 is 1.70. The van der Waals surface area contributed by atoms with Crippen molar-refractivity contribution in [2.45, 2.75) is 0 Å². The molecule has 0 radical (unpaired) electrons. The number of hydrogen-bond acceptors (Lipinski definition) is 4. The van der Waals surface area contributed by atoms with E-state index in [-0.39, 0.29) is 0 Å². The molecular weight excluding hydrogens is 292 g/mol. The van der Waals surface area contributed by atoms with Gasteiger partial charge in [0.05, 0.1) is 38.6 Å². The lowest BCUT2D eigenvalue weighted by Crippen LogP contribution is -3.12. The van der Waals surface area contributed by atoms with Crippen molar-refractivity contribution in [1.82, 2.24) is 9.97 Å².